The molecule has 0 amide bonds. The molecule has 0 fully saturated rings. The number of rotatable bonds is 8. The number of nitrogens with one attached hydrogen (secondary N) is 2. The molecule has 0 aromatic heterocycles. The number of aryl methyl sites for hydroxylation is 1. The van der Waals surface area contributed by atoms with Crippen LogP contribution in [0.3, 0.4) is 0 Å². The highest BCUT2D eigenvalue weighted by molar-refractivity contribution is 7.89. The second-order valence-electron chi connectivity index (χ2n) is 5.21. The molecule has 6 heteroatoms. The highest BCUT2D eigenvalue weighted by Gasteiger charge is 2.17. The monoisotopic (exact) mass is 312 g/mol. The van der Waals surface area contributed by atoms with E-state index in [0.717, 1.165) is 37.9 Å². The van der Waals surface area contributed by atoms with Crippen LogP contribution < -0.4 is 10.0 Å². The van der Waals surface area contributed by atoms with Gasteiger partial charge in [0.2, 0.25) is 10.0 Å². The minimum atomic E-state index is -3.46. The molecule has 1 aliphatic rings. The van der Waals surface area contributed by atoms with E-state index < -0.39 is 10.0 Å². The highest BCUT2D eigenvalue weighted by atomic mass is 32.2. The van der Waals surface area contributed by atoms with Crippen molar-refractivity contribution in [2.24, 2.45) is 0 Å². The van der Waals surface area contributed by atoms with Crippen LogP contribution in [-0.2, 0) is 21.2 Å². The van der Waals surface area contributed by atoms with Gasteiger partial charge in [0.1, 0.15) is 0 Å². The van der Waals surface area contributed by atoms with Gasteiger partial charge in [-0.3, -0.25) is 0 Å². The largest absolute Gasteiger partial charge is 0.385 e. The summed E-state index contributed by atoms with van der Waals surface area (Å²) in [4.78, 5) is 0.309. The SMILES string of the molecule is CCCCOCCNS(=O)(=O)c1ccc2c(c1)NCCC2. The van der Waals surface area contributed by atoms with Gasteiger partial charge in [-0.2, -0.15) is 0 Å². The van der Waals surface area contributed by atoms with E-state index in [9.17, 15) is 8.42 Å². The molecule has 0 aliphatic carbocycles. The van der Waals surface area contributed by atoms with Crippen molar-refractivity contribution >= 4 is 15.7 Å². The third-order valence-corrected chi connectivity index (χ3v) is 4.97. The molecule has 1 heterocycles. The number of hydrogen-bond acceptors (Lipinski definition) is 4. The normalized spacial score (nSPS) is 14.5. The summed E-state index contributed by atoms with van der Waals surface area (Å²) in [5, 5.41) is 3.25. The zero-order valence-electron chi connectivity index (χ0n) is 12.5. The second-order valence-corrected chi connectivity index (χ2v) is 6.98. The van der Waals surface area contributed by atoms with Crippen molar-refractivity contribution in [1.29, 1.82) is 0 Å². The minimum Gasteiger partial charge on any atom is -0.385 e. The van der Waals surface area contributed by atoms with E-state index in [2.05, 4.69) is 17.0 Å². The molecule has 0 spiro atoms. The van der Waals surface area contributed by atoms with Gasteiger partial charge in [-0.25, -0.2) is 13.1 Å². The van der Waals surface area contributed by atoms with E-state index in [1.165, 1.54) is 5.56 Å². The number of anilines is 1. The van der Waals surface area contributed by atoms with E-state index in [0.29, 0.717) is 24.7 Å². The Kier molecular flexibility index (Phi) is 6.02. The summed E-state index contributed by atoms with van der Waals surface area (Å²) in [6, 6.07) is 5.29. The summed E-state index contributed by atoms with van der Waals surface area (Å²) < 4.78 is 32.4. The van der Waals surface area contributed by atoms with Crippen LogP contribution in [0, 0.1) is 0 Å². The predicted octanol–water partition coefficient (Wildman–Crippen LogP) is 2.14. The van der Waals surface area contributed by atoms with Crippen LogP contribution >= 0.6 is 0 Å². The van der Waals surface area contributed by atoms with Crippen molar-refractivity contribution in [3.05, 3.63) is 23.8 Å². The zero-order chi connectivity index (χ0) is 15.1. The minimum absolute atomic E-state index is 0.302. The van der Waals surface area contributed by atoms with Crippen molar-refractivity contribution in [2.45, 2.75) is 37.5 Å². The summed E-state index contributed by atoms with van der Waals surface area (Å²) >= 11 is 0. The maximum absolute atomic E-state index is 12.2. The predicted molar refractivity (Wildman–Crippen MR) is 84.2 cm³/mol. The van der Waals surface area contributed by atoms with Crippen molar-refractivity contribution < 1.29 is 13.2 Å². The second kappa shape index (κ2) is 7.77. The van der Waals surface area contributed by atoms with Gasteiger partial charge in [0.25, 0.3) is 0 Å². The average Bonchev–Trinajstić information content (AvgIpc) is 2.50. The lowest BCUT2D eigenvalue weighted by Crippen LogP contribution is -2.28. The molecule has 2 N–H and O–H groups in total. The van der Waals surface area contributed by atoms with Gasteiger partial charge >= 0.3 is 0 Å². The Labute approximate surface area is 127 Å². The summed E-state index contributed by atoms with van der Waals surface area (Å²) in [6.07, 6.45) is 4.17. The number of sulfonamides is 1. The smallest absolute Gasteiger partial charge is 0.240 e. The zero-order valence-corrected chi connectivity index (χ0v) is 13.3. The Hall–Kier alpha value is -1.11. The van der Waals surface area contributed by atoms with E-state index >= 15 is 0 Å². The Morgan fingerprint density at radius 2 is 2.19 bits per heavy atom. The molecular formula is C15H24N2O3S. The molecule has 0 radical (unpaired) electrons. The fourth-order valence-corrected chi connectivity index (χ4v) is 3.33. The lowest BCUT2D eigenvalue weighted by atomic mass is 10.0. The van der Waals surface area contributed by atoms with Crippen LogP contribution in [0.5, 0.6) is 0 Å². The van der Waals surface area contributed by atoms with Gasteiger partial charge in [-0.15, -0.1) is 0 Å². The Balaban J connectivity index is 1.90. The third-order valence-electron chi connectivity index (χ3n) is 3.51. The van der Waals surface area contributed by atoms with Crippen LogP contribution in [0.15, 0.2) is 23.1 Å². The first kappa shape index (κ1) is 16.3. The molecule has 1 aromatic carbocycles. The Morgan fingerprint density at radius 3 is 3.00 bits per heavy atom. The molecule has 2 rings (SSSR count). The lowest BCUT2D eigenvalue weighted by molar-refractivity contribution is 0.136. The molecule has 21 heavy (non-hydrogen) atoms. The van der Waals surface area contributed by atoms with Gasteiger partial charge in [0.15, 0.2) is 0 Å². The lowest BCUT2D eigenvalue weighted by Gasteiger charge is -2.18. The van der Waals surface area contributed by atoms with Gasteiger partial charge < -0.3 is 10.1 Å². The summed E-state index contributed by atoms with van der Waals surface area (Å²) in [7, 11) is -3.46. The topological polar surface area (TPSA) is 67.4 Å². The van der Waals surface area contributed by atoms with Crippen LogP contribution in [0.1, 0.15) is 31.7 Å². The van der Waals surface area contributed by atoms with Crippen molar-refractivity contribution in [3.8, 4) is 0 Å². The fraction of sp³-hybridized carbons (Fsp3) is 0.600. The molecule has 1 aliphatic heterocycles. The van der Waals surface area contributed by atoms with Crippen molar-refractivity contribution in [3.63, 3.8) is 0 Å². The molecule has 0 saturated heterocycles. The summed E-state index contributed by atoms with van der Waals surface area (Å²) in [5.41, 5.74) is 2.12. The van der Waals surface area contributed by atoms with Crippen molar-refractivity contribution in [2.75, 3.05) is 31.6 Å². The van der Waals surface area contributed by atoms with Gasteiger partial charge in [-0.05, 0) is 37.0 Å². The maximum Gasteiger partial charge on any atom is 0.240 e. The number of unbranched alkanes of at least 4 members (excludes halogenated alkanes) is 1. The van der Waals surface area contributed by atoms with Crippen LogP contribution in [0.4, 0.5) is 5.69 Å². The van der Waals surface area contributed by atoms with E-state index in [1.54, 1.807) is 12.1 Å². The molecular weight excluding hydrogens is 288 g/mol. The molecule has 0 bridgehead atoms. The van der Waals surface area contributed by atoms with E-state index in [1.807, 2.05) is 6.07 Å². The van der Waals surface area contributed by atoms with E-state index in [4.69, 9.17) is 4.74 Å². The summed E-state index contributed by atoms with van der Waals surface area (Å²) in [6.45, 7) is 4.38. The third kappa shape index (κ3) is 4.69. The number of fused-ring (bicyclic) bond motifs is 1. The average molecular weight is 312 g/mol. The van der Waals surface area contributed by atoms with E-state index in [-0.39, 0.29) is 0 Å². The number of benzene rings is 1. The summed E-state index contributed by atoms with van der Waals surface area (Å²) in [5.74, 6) is 0. The van der Waals surface area contributed by atoms with Crippen molar-refractivity contribution in [1.82, 2.24) is 4.72 Å². The molecule has 0 atom stereocenters. The molecule has 118 valence electrons. The molecule has 5 nitrogen and oxygen atoms in total. The quantitative estimate of drug-likeness (QED) is 0.722. The molecule has 0 unspecified atom stereocenters. The van der Waals surface area contributed by atoms with Gasteiger partial charge in [0, 0.05) is 25.4 Å². The molecule has 0 saturated carbocycles. The first-order valence-electron chi connectivity index (χ1n) is 7.57. The Bertz CT molecular complexity index is 558. The van der Waals surface area contributed by atoms with Crippen LogP contribution in [-0.4, -0.2) is 34.7 Å². The van der Waals surface area contributed by atoms with Gasteiger partial charge in [0.05, 0.1) is 11.5 Å². The van der Waals surface area contributed by atoms with Gasteiger partial charge in [-0.1, -0.05) is 19.4 Å². The standard InChI is InChI=1S/C15H24N2O3S/c1-2-3-10-20-11-9-17-21(18,19)14-7-6-13-5-4-8-16-15(13)12-14/h6-7,12,16-17H,2-5,8-11H2,1H3. The molecule has 1 aromatic rings. The van der Waals surface area contributed by atoms with Crippen LogP contribution in [0.25, 0.3) is 0 Å². The Morgan fingerprint density at radius 1 is 1.33 bits per heavy atom. The number of hydrogen-bond donors (Lipinski definition) is 2. The maximum atomic E-state index is 12.2. The number of ether oxygens (including phenoxy) is 1. The van der Waals surface area contributed by atoms with Crippen LogP contribution in [0.2, 0.25) is 0 Å². The highest BCUT2D eigenvalue weighted by Crippen LogP contribution is 2.24. The fourth-order valence-electron chi connectivity index (χ4n) is 2.29. The first-order valence-corrected chi connectivity index (χ1v) is 9.06. The first-order chi connectivity index (χ1) is 10.1.